The molecular weight excluding hydrogens is 396 g/mol. The molecule has 28 heavy (non-hydrogen) atoms. The number of thiophene rings is 1. The summed E-state index contributed by atoms with van der Waals surface area (Å²) in [6.07, 6.45) is 4.27. The van der Waals surface area contributed by atoms with Gasteiger partial charge in [0.25, 0.3) is 0 Å². The zero-order valence-corrected chi connectivity index (χ0v) is 17.0. The Morgan fingerprint density at radius 2 is 2.11 bits per heavy atom. The second kappa shape index (κ2) is 6.79. The van der Waals surface area contributed by atoms with Gasteiger partial charge >= 0.3 is 0 Å². The minimum atomic E-state index is 0.0710. The second-order valence-corrected chi connectivity index (χ2v) is 8.24. The van der Waals surface area contributed by atoms with Crippen LogP contribution in [0.1, 0.15) is 17.7 Å². The number of ether oxygens (including phenoxy) is 1. The van der Waals surface area contributed by atoms with Crippen molar-refractivity contribution in [1.29, 1.82) is 0 Å². The number of rotatable bonds is 3. The van der Waals surface area contributed by atoms with Crippen molar-refractivity contribution in [2.75, 3.05) is 18.0 Å². The van der Waals surface area contributed by atoms with Crippen molar-refractivity contribution in [2.24, 2.45) is 0 Å². The molecule has 4 aromatic heterocycles. The Bertz CT molecular complexity index is 1200. The highest BCUT2D eigenvalue weighted by molar-refractivity contribution is 7.26. The predicted octanol–water partition coefficient (Wildman–Crippen LogP) is 3.96. The summed E-state index contributed by atoms with van der Waals surface area (Å²) in [7, 11) is 0. The van der Waals surface area contributed by atoms with Crippen molar-refractivity contribution in [3.63, 3.8) is 0 Å². The Balaban J connectivity index is 1.47. The summed E-state index contributed by atoms with van der Waals surface area (Å²) >= 11 is 7.55. The van der Waals surface area contributed by atoms with E-state index in [1.54, 1.807) is 29.9 Å². The quantitative estimate of drug-likeness (QED) is 0.471. The second-order valence-electron chi connectivity index (χ2n) is 6.86. The molecule has 1 fully saturated rings. The molecule has 1 atom stereocenters. The number of aromatic nitrogens is 5. The zero-order valence-electron chi connectivity index (χ0n) is 15.4. The molecule has 1 aliphatic rings. The van der Waals surface area contributed by atoms with Gasteiger partial charge in [-0.3, -0.25) is 0 Å². The summed E-state index contributed by atoms with van der Waals surface area (Å²) < 4.78 is 7.13. The number of anilines is 1. The van der Waals surface area contributed by atoms with Gasteiger partial charge in [-0.25, -0.2) is 15.0 Å². The molecule has 0 N–H and O–H groups in total. The van der Waals surface area contributed by atoms with Crippen LogP contribution in [-0.2, 0) is 0 Å². The number of hydrogen-bond acceptors (Lipinski definition) is 8. The molecule has 0 unspecified atom stereocenters. The fourth-order valence-corrected chi connectivity index (χ4v) is 4.88. The predicted molar refractivity (Wildman–Crippen MR) is 110 cm³/mol. The fourth-order valence-electron chi connectivity index (χ4n) is 3.56. The minimum Gasteiger partial charge on any atom is -0.488 e. The topological polar surface area (TPSA) is 76.9 Å². The number of nitrogens with zero attached hydrogens (tertiary/aromatic N) is 6. The van der Waals surface area contributed by atoms with Crippen LogP contribution in [0.15, 0.2) is 24.7 Å². The van der Waals surface area contributed by atoms with E-state index in [9.17, 15) is 0 Å². The number of pyridine rings is 1. The standard InChI is InChI=1S/C19H17ClN6OS/c1-10-11(2)24-25-19-15(10)16-17(28-19)18(23-9-22-16)26-6-4-13(8-26)27-12-3-5-21-14(20)7-12/h3,5,7,9,13H,4,6,8H2,1-2H3/t13-/m1/s1. The first-order valence-corrected chi connectivity index (χ1v) is 10.2. The van der Waals surface area contributed by atoms with Crippen LogP contribution in [0.4, 0.5) is 5.82 Å². The lowest BCUT2D eigenvalue weighted by Gasteiger charge is -2.18. The van der Waals surface area contributed by atoms with Gasteiger partial charge in [0.05, 0.1) is 22.5 Å². The van der Waals surface area contributed by atoms with Crippen LogP contribution in [0.3, 0.4) is 0 Å². The molecule has 5 heterocycles. The molecule has 9 heteroatoms. The number of fused-ring (bicyclic) bond motifs is 3. The van der Waals surface area contributed by atoms with Crippen LogP contribution in [0.25, 0.3) is 20.4 Å². The Morgan fingerprint density at radius 1 is 1.21 bits per heavy atom. The number of aryl methyl sites for hydroxylation is 2. The summed E-state index contributed by atoms with van der Waals surface area (Å²) in [6, 6.07) is 3.57. The van der Waals surface area contributed by atoms with E-state index in [1.807, 2.05) is 13.0 Å². The van der Waals surface area contributed by atoms with Gasteiger partial charge in [0.1, 0.15) is 34.0 Å². The van der Waals surface area contributed by atoms with Gasteiger partial charge < -0.3 is 9.64 Å². The Morgan fingerprint density at radius 3 is 2.96 bits per heavy atom. The molecule has 1 saturated heterocycles. The molecule has 0 saturated carbocycles. The van der Waals surface area contributed by atoms with Crippen LogP contribution < -0.4 is 9.64 Å². The highest BCUT2D eigenvalue weighted by Crippen LogP contribution is 2.38. The molecule has 5 rings (SSSR count). The summed E-state index contributed by atoms with van der Waals surface area (Å²) in [5, 5.41) is 10.1. The molecule has 4 aromatic rings. The average Bonchev–Trinajstić information content (AvgIpc) is 3.29. The molecule has 0 radical (unpaired) electrons. The summed E-state index contributed by atoms with van der Waals surface area (Å²) in [4.78, 5) is 16.3. The maximum Gasteiger partial charge on any atom is 0.150 e. The van der Waals surface area contributed by atoms with Crippen LogP contribution in [0.5, 0.6) is 5.75 Å². The van der Waals surface area contributed by atoms with E-state index in [4.69, 9.17) is 16.3 Å². The van der Waals surface area contributed by atoms with Crippen molar-refractivity contribution in [1.82, 2.24) is 25.1 Å². The molecule has 0 aliphatic carbocycles. The van der Waals surface area contributed by atoms with Crippen LogP contribution in [0.2, 0.25) is 5.15 Å². The SMILES string of the molecule is Cc1nnc2sc3c(N4CC[C@@H](Oc5ccnc(Cl)c5)C4)ncnc3c2c1C. The minimum absolute atomic E-state index is 0.0710. The van der Waals surface area contributed by atoms with Gasteiger partial charge in [0, 0.05) is 30.6 Å². The Labute approximate surface area is 170 Å². The van der Waals surface area contributed by atoms with Gasteiger partial charge in [-0.15, -0.1) is 16.4 Å². The third kappa shape index (κ3) is 2.93. The van der Waals surface area contributed by atoms with Crippen molar-refractivity contribution < 1.29 is 4.74 Å². The third-order valence-corrected chi connectivity index (χ3v) is 6.35. The third-order valence-electron chi connectivity index (χ3n) is 5.09. The lowest BCUT2D eigenvalue weighted by Crippen LogP contribution is -2.25. The van der Waals surface area contributed by atoms with E-state index in [0.717, 1.165) is 62.8 Å². The first-order chi connectivity index (χ1) is 13.6. The first kappa shape index (κ1) is 17.5. The van der Waals surface area contributed by atoms with E-state index >= 15 is 0 Å². The normalized spacial score (nSPS) is 17.0. The van der Waals surface area contributed by atoms with E-state index < -0.39 is 0 Å². The van der Waals surface area contributed by atoms with Gasteiger partial charge in [0.2, 0.25) is 0 Å². The smallest absolute Gasteiger partial charge is 0.150 e. The lowest BCUT2D eigenvalue weighted by molar-refractivity contribution is 0.224. The largest absolute Gasteiger partial charge is 0.488 e. The molecule has 0 aromatic carbocycles. The van der Waals surface area contributed by atoms with E-state index in [-0.39, 0.29) is 6.10 Å². The van der Waals surface area contributed by atoms with E-state index in [0.29, 0.717) is 5.15 Å². The monoisotopic (exact) mass is 412 g/mol. The maximum atomic E-state index is 6.09. The van der Waals surface area contributed by atoms with Gasteiger partial charge in [-0.2, -0.15) is 5.10 Å². The Hall–Kier alpha value is -2.58. The molecule has 0 bridgehead atoms. The zero-order chi connectivity index (χ0) is 19.3. The molecular formula is C19H17ClN6OS. The van der Waals surface area contributed by atoms with Crippen LogP contribution in [0, 0.1) is 13.8 Å². The summed E-state index contributed by atoms with van der Waals surface area (Å²) in [6.45, 7) is 5.67. The summed E-state index contributed by atoms with van der Waals surface area (Å²) in [5.74, 6) is 1.67. The molecule has 7 nitrogen and oxygen atoms in total. The van der Waals surface area contributed by atoms with Crippen LogP contribution >= 0.6 is 22.9 Å². The van der Waals surface area contributed by atoms with Gasteiger partial charge in [0.15, 0.2) is 0 Å². The average molecular weight is 413 g/mol. The van der Waals surface area contributed by atoms with Gasteiger partial charge in [-0.05, 0) is 25.5 Å². The van der Waals surface area contributed by atoms with Crippen LogP contribution in [-0.4, -0.2) is 44.3 Å². The molecule has 0 spiro atoms. The molecule has 0 amide bonds. The van der Waals surface area contributed by atoms with Gasteiger partial charge in [-0.1, -0.05) is 11.6 Å². The maximum absolute atomic E-state index is 6.09. The van der Waals surface area contributed by atoms with Crippen molar-refractivity contribution in [3.05, 3.63) is 41.1 Å². The summed E-state index contributed by atoms with van der Waals surface area (Å²) in [5.41, 5.74) is 3.00. The van der Waals surface area contributed by atoms with Crippen molar-refractivity contribution in [2.45, 2.75) is 26.4 Å². The first-order valence-electron chi connectivity index (χ1n) is 9.00. The van der Waals surface area contributed by atoms with Crippen molar-refractivity contribution >= 4 is 49.2 Å². The Kier molecular flexibility index (Phi) is 4.25. The molecule has 142 valence electrons. The van der Waals surface area contributed by atoms with Crippen molar-refractivity contribution in [3.8, 4) is 5.75 Å². The molecule has 1 aliphatic heterocycles. The van der Waals surface area contributed by atoms with E-state index in [2.05, 4.69) is 37.0 Å². The highest BCUT2D eigenvalue weighted by atomic mass is 35.5. The number of halogens is 1. The highest BCUT2D eigenvalue weighted by Gasteiger charge is 2.28. The lowest BCUT2D eigenvalue weighted by atomic mass is 10.1. The van der Waals surface area contributed by atoms with E-state index in [1.165, 1.54) is 0 Å². The fraction of sp³-hybridized carbons (Fsp3) is 0.316. The number of hydrogen-bond donors (Lipinski definition) is 0.